The van der Waals surface area contributed by atoms with Gasteiger partial charge in [-0.05, 0) is 67.6 Å². The van der Waals surface area contributed by atoms with Gasteiger partial charge < -0.3 is 19.8 Å². The summed E-state index contributed by atoms with van der Waals surface area (Å²) in [6.07, 6.45) is 3.57. The molecule has 4 nitrogen and oxygen atoms in total. The Hall–Kier alpha value is -2.04. The normalized spacial score (nSPS) is 15.4. The van der Waals surface area contributed by atoms with E-state index in [2.05, 4.69) is 36.2 Å². The first-order valence-electron chi connectivity index (χ1n) is 8.85. The van der Waals surface area contributed by atoms with E-state index in [0.29, 0.717) is 5.41 Å². The molecule has 0 spiro atoms. The maximum absolute atomic E-state index is 10.1. The van der Waals surface area contributed by atoms with Gasteiger partial charge in [0.1, 0.15) is 11.5 Å². The predicted octanol–water partition coefficient (Wildman–Crippen LogP) is 3.41. The molecule has 0 amide bonds. The SMILES string of the molecule is COc1ccc(O)c(-c2ccc(C3(CCN(C)CCO)CC3)cc2)c1. The van der Waals surface area contributed by atoms with Gasteiger partial charge in [-0.25, -0.2) is 0 Å². The molecule has 0 aromatic heterocycles. The predicted molar refractivity (Wildman–Crippen MR) is 100 cm³/mol. The van der Waals surface area contributed by atoms with E-state index in [1.165, 1.54) is 18.4 Å². The van der Waals surface area contributed by atoms with Gasteiger partial charge in [0.2, 0.25) is 0 Å². The van der Waals surface area contributed by atoms with Crippen LogP contribution in [-0.2, 0) is 5.41 Å². The van der Waals surface area contributed by atoms with Crippen molar-refractivity contribution in [1.82, 2.24) is 4.90 Å². The van der Waals surface area contributed by atoms with Crippen LogP contribution in [0.5, 0.6) is 11.5 Å². The fourth-order valence-electron chi connectivity index (χ4n) is 3.40. The lowest BCUT2D eigenvalue weighted by Gasteiger charge is -2.21. The first kappa shape index (κ1) is 17.8. The average Bonchev–Trinajstić information content (AvgIpc) is 3.42. The molecular weight excluding hydrogens is 314 g/mol. The van der Waals surface area contributed by atoms with Crippen molar-refractivity contribution in [2.45, 2.75) is 24.7 Å². The van der Waals surface area contributed by atoms with Crippen molar-refractivity contribution in [2.75, 3.05) is 33.9 Å². The number of ether oxygens (including phenoxy) is 1. The first-order chi connectivity index (χ1) is 12.1. The molecule has 25 heavy (non-hydrogen) atoms. The smallest absolute Gasteiger partial charge is 0.123 e. The lowest BCUT2D eigenvalue weighted by Crippen LogP contribution is -2.26. The Labute approximate surface area is 149 Å². The fourth-order valence-corrected chi connectivity index (χ4v) is 3.40. The standard InChI is InChI=1S/C21H27NO3/c1-22(13-14-23)12-11-21(9-10-21)17-5-3-16(4-6-17)19-15-18(25-2)7-8-20(19)24/h3-8,15,23-24H,9-14H2,1-2H3. The van der Waals surface area contributed by atoms with Gasteiger partial charge in [-0.2, -0.15) is 0 Å². The van der Waals surface area contributed by atoms with E-state index in [-0.39, 0.29) is 12.4 Å². The van der Waals surface area contributed by atoms with Crippen LogP contribution in [0, 0.1) is 0 Å². The van der Waals surface area contributed by atoms with Crippen LogP contribution in [0.4, 0.5) is 0 Å². The topological polar surface area (TPSA) is 52.9 Å². The molecule has 2 N–H and O–H groups in total. The minimum absolute atomic E-state index is 0.211. The van der Waals surface area contributed by atoms with E-state index in [1.807, 2.05) is 6.07 Å². The van der Waals surface area contributed by atoms with Gasteiger partial charge in [0.15, 0.2) is 0 Å². The highest BCUT2D eigenvalue weighted by molar-refractivity contribution is 5.72. The number of phenolic OH excluding ortho intramolecular Hbond substituents is 1. The van der Waals surface area contributed by atoms with Crippen LogP contribution in [-0.4, -0.2) is 49.0 Å². The quantitative estimate of drug-likeness (QED) is 0.772. The minimum Gasteiger partial charge on any atom is -0.507 e. The Morgan fingerprint density at radius 1 is 1.08 bits per heavy atom. The number of rotatable bonds is 8. The fraction of sp³-hybridized carbons (Fsp3) is 0.429. The number of aliphatic hydroxyl groups is 1. The highest BCUT2D eigenvalue weighted by Crippen LogP contribution is 2.51. The summed E-state index contributed by atoms with van der Waals surface area (Å²) >= 11 is 0. The molecule has 1 aliphatic carbocycles. The number of likely N-dealkylation sites (N-methyl/N-ethyl adjacent to an activating group) is 1. The summed E-state index contributed by atoms with van der Waals surface area (Å²) in [6, 6.07) is 13.8. The van der Waals surface area contributed by atoms with Gasteiger partial charge in [-0.15, -0.1) is 0 Å². The number of hydrogen-bond donors (Lipinski definition) is 2. The summed E-state index contributed by atoms with van der Waals surface area (Å²) in [6.45, 7) is 1.94. The Morgan fingerprint density at radius 2 is 1.80 bits per heavy atom. The zero-order valence-corrected chi connectivity index (χ0v) is 15.0. The van der Waals surface area contributed by atoms with Crippen LogP contribution in [0.15, 0.2) is 42.5 Å². The van der Waals surface area contributed by atoms with E-state index in [1.54, 1.807) is 19.2 Å². The van der Waals surface area contributed by atoms with E-state index >= 15 is 0 Å². The van der Waals surface area contributed by atoms with Crippen molar-refractivity contribution >= 4 is 0 Å². The van der Waals surface area contributed by atoms with Crippen molar-refractivity contribution in [3.63, 3.8) is 0 Å². The highest BCUT2D eigenvalue weighted by atomic mass is 16.5. The summed E-state index contributed by atoms with van der Waals surface area (Å²) < 4.78 is 5.26. The van der Waals surface area contributed by atoms with Crippen molar-refractivity contribution in [3.8, 4) is 22.6 Å². The second-order valence-electron chi connectivity index (χ2n) is 7.02. The van der Waals surface area contributed by atoms with Gasteiger partial charge in [-0.1, -0.05) is 24.3 Å². The van der Waals surface area contributed by atoms with Gasteiger partial charge in [0.05, 0.1) is 13.7 Å². The van der Waals surface area contributed by atoms with Crippen LogP contribution in [0.3, 0.4) is 0 Å². The first-order valence-corrected chi connectivity index (χ1v) is 8.85. The molecule has 0 heterocycles. The third kappa shape index (κ3) is 3.97. The molecule has 1 saturated carbocycles. The second kappa shape index (κ2) is 7.46. The Balaban J connectivity index is 1.74. The van der Waals surface area contributed by atoms with Gasteiger partial charge in [0.25, 0.3) is 0 Å². The van der Waals surface area contributed by atoms with Crippen LogP contribution in [0.25, 0.3) is 11.1 Å². The highest BCUT2D eigenvalue weighted by Gasteiger charge is 2.43. The molecular formula is C21H27NO3. The van der Waals surface area contributed by atoms with Crippen molar-refractivity contribution in [2.24, 2.45) is 0 Å². The molecule has 0 aliphatic heterocycles. The third-order valence-electron chi connectivity index (χ3n) is 5.32. The van der Waals surface area contributed by atoms with Crippen LogP contribution >= 0.6 is 0 Å². The molecule has 2 aromatic carbocycles. The monoisotopic (exact) mass is 341 g/mol. The van der Waals surface area contributed by atoms with Gasteiger partial charge in [-0.3, -0.25) is 0 Å². The molecule has 134 valence electrons. The molecule has 2 aromatic rings. The van der Waals surface area contributed by atoms with Crippen LogP contribution in [0.2, 0.25) is 0 Å². The van der Waals surface area contributed by atoms with E-state index in [0.717, 1.165) is 36.4 Å². The number of aromatic hydroxyl groups is 1. The second-order valence-corrected chi connectivity index (χ2v) is 7.02. The Kier molecular flexibility index (Phi) is 5.30. The molecule has 0 saturated heterocycles. The summed E-state index contributed by atoms with van der Waals surface area (Å²) in [7, 11) is 3.69. The van der Waals surface area contributed by atoms with Crippen molar-refractivity contribution in [3.05, 3.63) is 48.0 Å². The van der Waals surface area contributed by atoms with E-state index in [9.17, 15) is 5.11 Å². The molecule has 1 fully saturated rings. The molecule has 0 radical (unpaired) electrons. The third-order valence-corrected chi connectivity index (χ3v) is 5.32. The zero-order chi connectivity index (χ0) is 17.9. The maximum atomic E-state index is 10.1. The number of aliphatic hydroxyl groups excluding tert-OH is 1. The van der Waals surface area contributed by atoms with Crippen LogP contribution < -0.4 is 4.74 Å². The summed E-state index contributed by atoms with van der Waals surface area (Å²) in [5, 5.41) is 19.2. The summed E-state index contributed by atoms with van der Waals surface area (Å²) in [4.78, 5) is 2.18. The molecule has 0 bridgehead atoms. The Bertz CT molecular complexity index is 708. The summed E-state index contributed by atoms with van der Waals surface area (Å²) in [5.74, 6) is 1.00. The number of hydrogen-bond acceptors (Lipinski definition) is 4. The minimum atomic E-state index is 0.211. The van der Waals surface area contributed by atoms with Crippen molar-refractivity contribution < 1.29 is 14.9 Å². The van der Waals surface area contributed by atoms with E-state index < -0.39 is 0 Å². The molecule has 0 atom stereocenters. The van der Waals surface area contributed by atoms with E-state index in [4.69, 9.17) is 9.84 Å². The van der Waals surface area contributed by atoms with Gasteiger partial charge in [0, 0.05) is 12.1 Å². The number of benzene rings is 2. The average molecular weight is 341 g/mol. The summed E-state index contributed by atoms with van der Waals surface area (Å²) in [5.41, 5.74) is 3.45. The zero-order valence-electron chi connectivity index (χ0n) is 15.0. The maximum Gasteiger partial charge on any atom is 0.123 e. The molecule has 0 unspecified atom stereocenters. The van der Waals surface area contributed by atoms with Crippen LogP contribution in [0.1, 0.15) is 24.8 Å². The number of methoxy groups -OCH3 is 1. The largest absolute Gasteiger partial charge is 0.507 e. The van der Waals surface area contributed by atoms with Crippen molar-refractivity contribution in [1.29, 1.82) is 0 Å². The lowest BCUT2D eigenvalue weighted by atomic mass is 9.90. The molecule has 4 heteroatoms. The van der Waals surface area contributed by atoms with Gasteiger partial charge >= 0.3 is 0 Å². The number of nitrogens with zero attached hydrogens (tertiary/aromatic N) is 1. The lowest BCUT2D eigenvalue weighted by molar-refractivity contribution is 0.216. The molecule has 3 rings (SSSR count). The number of phenols is 1. The Morgan fingerprint density at radius 3 is 2.40 bits per heavy atom. The molecule has 1 aliphatic rings.